The van der Waals surface area contributed by atoms with Crippen molar-refractivity contribution in [2.45, 2.75) is 44.9 Å². The molecule has 0 bridgehead atoms. The molecule has 1 amide bonds. The Bertz CT molecular complexity index is 575. The van der Waals surface area contributed by atoms with Crippen LogP contribution in [0.2, 0.25) is 0 Å². The van der Waals surface area contributed by atoms with Crippen LogP contribution >= 0.6 is 11.8 Å². The first-order valence-corrected chi connectivity index (χ1v) is 9.30. The van der Waals surface area contributed by atoms with Crippen molar-refractivity contribution in [3.05, 3.63) is 29.8 Å². The molecular formula is C18H26N2O4S. The third kappa shape index (κ3) is 7.60. The molecule has 7 heteroatoms. The number of nitrogens with one attached hydrogen (secondary N) is 2. The first-order chi connectivity index (χ1) is 12.0. The topological polar surface area (TPSA) is 88.5 Å². The van der Waals surface area contributed by atoms with E-state index in [2.05, 4.69) is 5.32 Å². The second-order valence-electron chi connectivity index (χ2n) is 5.36. The highest BCUT2D eigenvalue weighted by atomic mass is 32.2. The lowest BCUT2D eigenvalue weighted by atomic mass is 10.2. The molecule has 25 heavy (non-hydrogen) atoms. The summed E-state index contributed by atoms with van der Waals surface area (Å²) in [5.41, 5.74) is 0.996. The van der Waals surface area contributed by atoms with Crippen LogP contribution in [0.5, 0.6) is 5.75 Å². The van der Waals surface area contributed by atoms with Gasteiger partial charge in [0, 0.05) is 12.2 Å². The van der Waals surface area contributed by atoms with Gasteiger partial charge in [-0.25, -0.2) is 4.79 Å². The number of hydrogen-bond donors (Lipinski definition) is 2. The maximum absolute atomic E-state index is 12.1. The fraction of sp³-hybridized carbons (Fsp3) is 0.500. The first-order valence-electron chi connectivity index (χ1n) is 8.31. The Morgan fingerprint density at radius 2 is 1.92 bits per heavy atom. The Balaban J connectivity index is 2.66. The number of amides is 1. The van der Waals surface area contributed by atoms with Crippen LogP contribution in [0.25, 0.3) is 0 Å². The third-order valence-corrected chi connectivity index (χ3v) is 4.42. The lowest BCUT2D eigenvalue weighted by Crippen LogP contribution is -2.46. The molecule has 1 aromatic rings. The van der Waals surface area contributed by atoms with Crippen molar-refractivity contribution in [1.29, 1.82) is 5.41 Å². The minimum absolute atomic E-state index is 0.0686. The zero-order valence-electron chi connectivity index (χ0n) is 15.0. The fourth-order valence-electron chi connectivity index (χ4n) is 1.99. The van der Waals surface area contributed by atoms with E-state index in [9.17, 15) is 9.59 Å². The SMILES string of the molecule is CCCCC(=O)NC(C(=N)SCc1ccc(OC)cc1)C(=O)OCC. The molecule has 0 heterocycles. The number of carbonyl (C=O) groups is 2. The summed E-state index contributed by atoms with van der Waals surface area (Å²) < 4.78 is 10.1. The summed E-state index contributed by atoms with van der Waals surface area (Å²) in [5, 5.41) is 10.9. The van der Waals surface area contributed by atoms with Crippen LogP contribution in [0, 0.1) is 5.41 Å². The van der Waals surface area contributed by atoms with Crippen LogP contribution in [0.4, 0.5) is 0 Å². The van der Waals surface area contributed by atoms with Gasteiger partial charge in [0.1, 0.15) is 5.75 Å². The molecule has 1 rings (SSSR count). The normalized spacial score (nSPS) is 11.5. The maximum Gasteiger partial charge on any atom is 0.335 e. The number of benzene rings is 1. The van der Waals surface area contributed by atoms with Gasteiger partial charge in [0.05, 0.1) is 18.8 Å². The van der Waals surface area contributed by atoms with Crippen molar-refractivity contribution < 1.29 is 19.1 Å². The summed E-state index contributed by atoms with van der Waals surface area (Å²) in [7, 11) is 1.60. The first kappa shape index (κ1) is 21.0. The standard InChI is InChI=1S/C18H26N2O4S/c1-4-6-7-15(21)20-16(18(22)24-5-2)17(19)25-12-13-8-10-14(23-3)11-9-13/h8-11,16,19H,4-7,12H2,1-3H3,(H,20,21). The monoisotopic (exact) mass is 366 g/mol. The summed E-state index contributed by atoms with van der Waals surface area (Å²) in [6.45, 7) is 3.89. The second-order valence-corrected chi connectivity index (χ2v) is 6.37. The summed E-state index contributed by atoms with van der Waals surface area (Å²) in [6.07, 6.45) is 1.97. The number of methoxy groups -OCH3 is 1. The van der Waals surface area contributed by atoms with E-state index in [1.165, 1.54) is 11.8 Å². The Hall–Kier alpha value is -2.02. The summed E-state index contributed by atoms with van der Waals surface area (Å²) in [6, 6.07) is 6.44. The zero-order valence-corrected chi connectivity index (χ0v) is 15.8. The van der Waals surface area contributed by atoms with E-state index in [0.717, 1.165) is 24.2 Å². The number of thioether (sulfide) groups is 1. The average Bonchev–Trinajstić information content (AvgIpc) is 2.63. The van der Waals surface area contributed by atoms with Gasteiger partial charge in [-0.2, -0.15) is 0 Å². The molecule has 0 aliphatic carbocycles. The molecule has 6 nitrogen and oxygen atoms in total. The quantitative estimate of drug-likeness (QED) is 0.377. The van der Waals surface area contributed by atoms with Gasteiger partial charge in [0.15, 0.2) is 6.04 Å². The van der Waals surface area contributed by atoms with Gasteiger partial charge >= 0.3 is 5.97 Å². The Kier molecular flexibility index (Phi) is 9.69. The molecule has 2 N–H and O–H groups in total. The van der Waals surface area contributed by atoms with E-state index in [1.54, 1.807) is 14.0 Å². The average molecular weight is 366 g/mol. The smallest absolute Gasteiger partial charge is 0.335 e. The van der Waals surface area contributed by atoms with Crippen LogP contribution in [0.1, 0.15) is 38.7 Å². The summed E-state index contributed by atoms with van der Waals surface area (Å²) >= 11 is 1.20. The van der Waals surface area contributed by atoms with Crippen molar-refractivity contribution in [2.24, 2.45) is 0 Å². The third-order valence-electron chi connectivity index (χ3n) is 3.40. The van der Waals surface area contributed by atoms with E-state index in [-0.39, 0.29) is 17.6 Å². The van der Waals surface area contributed by atoms with Crippen LogP contribution in [0.3, 0.4) is 0 Å². The van der Waals surface area contributed by atoms with Gasteiger partial charge in [-0.15, -0.1) is 11.8 Å². The number of hydrogen-bond acceptors (Lipinski definition) is 6. The molecule has 0 saturated carbocycles. The predicted molar refractivity (Wildman–Crippen MR) is 100 cm³/mol. The number of carbonyl (C=O) groups excluding carboxylic acids is 2. The number of rotatable bonds is 10. The van der Waals surface area contributed by atoms with Crippen LogP contribution in [-0.4, -0.2) is 36.7 Å². The molecule has 0 saturated heterocycles. The Morgan fingerprint density at radius 3 is 2.48 bits per heavy atom. The van der Waals surface area contributed by atoms with Crippen LogP contribution in [-0.2, 0) is 20.1 Å². The number of esters is 1. The highest BCUT2D eigenvalue weighted by molar-refractivity contribution is 8.13. The van der Waals surface area contributed by atoms with Crippen molar-refractivity contribution >= 4 is 28.7 Å². The Morgan fingerprint density at radius 1 is 1.24 bits per heavy atom. The molecule has 0 aliphatic heterocycles. The molecular weight excluding hydrogens is 340 g/mol. The number of unbranched alkanes of at least 4 members (excludes halogenated alkanes) is 1. The highest BCUT2D eigenvalue weighted by Crippen LogP contribution is 2.19. The van der Waals surface area contributed by atoms with Crippen molar-refractivity contribution in [3.8, 4) is 5.75 Å². The molecule has 0 aromatic heterocycles. The minimum atomic E-state index is -1.05. The molecule has 0 spiro atoms. The second kappa shape index (κ2) is 11.5. The van der Waals surface area contributed by atoms with Gasteiger partial charge in [0.2, 0.25) is 5.91 Å². The summed E-state index contributed by atoms with van der Waals surface area (Å²) in [5.74, 6) is 0.439. The van der Waals surface area contributed by atoms with Gasteiger partial charge < -0.3 is 14.8 Å². The predicted octanol–water partition coefficient (Wildman–Crippen LogP) is 3.14. The Labute approximate surface area is 153 Å². The van der Waals surface area contributed by atoms with Crippen LogP contribution in [0.15, 0.2) is 24.3 Å². The van der Waals surface area contributed by atoms with E-state index in [1.807, 2.05) is 31.2 Å². The molecule has 1 atom stereocenters. The van der Waals surface area contributed by atoms with Crippen molar-refractivity contribution in [2.75, 3.05) is 13.7 Å². The van der Waals surface area contributed by atoms with E-state index in [4.69, 9.17) is 14.9 Å². The lowest BCUT2D eigenvalue weighted by molar-refractivity contribution is -0.145. The zero-order chi connectivity index (χ0) is 18.7. The molecule has 0 fully saturated rings. The maximum atomic E-state index is 12.1. The van der Waals surface area contributed by atoms with Gasteiger partial charge in [-0.1, -0.05) is 25.5 Å². The number of ether oxygens (including phenoxy) is 2. The largest absolute Gasteiger partial charge is 0.497 e. The summed E-state index contributed by atoms with van der Waals surface area (Å²) in [4.78, 5) is 24.0. The van der Waals surface area contributed by atoms with E-state index >= 15 is 0 Å². The minimum Gasteiger partial charge on any atom is -0.497 e. The molecule has 138 valence electrons. The lowest BCUT2D eigenvalue weighted by Gasteiger charge is -2.18. The van der Waals surface area contributed by atoms with E-state index in [0.29, 0.717) is 12.2 Å². The van der Waals surface area contributed by atoms with E-state index < -0.39 is 12.0 Å². The van der Waals surface area contributed by atoms with Gasteiger partial charge in [-0.3, -0.25) is 10.2 Å². The molecule has 1 unspecified atom stereocenters. The fourth-order valence-corrected chi connectivity index (χ4v) is 2.83. The molecule has 1 aromatic carbocycles. The molecule has 0 radical (unpaired) electrons. The molecule has 0 aliphatic rings. The van der Waals surface area contributed by atoms with Crippen molar-refractivity contribution in [3.63, 3.8) is 0 Å². The van der Waals surface area contributed by atoms with Crippen LogP contribution < -0.4 is 10.1 Å². The van der Waals surface area contributed by atoms with Gasteiger partial charge in [0.25, 0.3) is 0 Å². The highest BCUT2D eigenvalue weighted by Gasteiger charge is 2.26. The van der Waals surface area contributed by atoms with Crippen molar-refractivity contribution in [1.82, 2.24) is 5.32 Å². The van der Waals surface area contributed by atoms with Gasteiger partial charge in [-0.05, 0) is 31.0 Å².